The normalized spacial score (nSPS) is 14.2. The van der Waals surface area contributed by atoms with Gasteiger partial charge in [-0.15, -0.1) is 0 Å². The molecule has 1 heterocycles. The molecule has 13 heteroatoms. The topological polar surface area (TPSA) is 53.6 Å². The lowest BCUT2D eigenvalue weighted by atomic mass is 9.99. The molecule has 1 aliphatic heterocycles. The Labute approximate surface area is 247 Å². The van der Waals surface area contributed by atoms with Gasteiger partial charge in [0.25, 0.3) is 0 Å². The predicted molar refractivity (Wildman–Crippen MR) is 153 cm³/mol. The standard InChI is InChI=1S/C29H25F6N3O2S2/c30-28(31,32)25-20(10-12-24(39)38-13-15-40-16-14-38)9-11-23(26(25)29(33,34)35)42-22-8-4-7-21(17-22)37-27(41)36-18-19-5-2-1-3-6-19/h1-12,17H,13-16,18H2,(H2,36,37,41)/b12-10+. The Kier molecular flexibility index (Phi) is 10.2. The van der Waals surface area contributed by atoms with Crippen LogP contribution in [0.5, 0.6) is 0 Å². The molecule has 1 saturated heterocycles. The molecule has 0 bridgehead atoms. The molecule has 1 aliphatic rings. The Morgan fingerprint density at radius 1 is 0.929 bits per heavy atom. The molecule has 222 valence electrons. The first-order valence-electron chi connectivity index (χ1n) is 12.6. The number of hydrogen-bond acceptors (Lipinski definition) is 4. The molecule has 2 N–H and O–H groups in total. The summed E-state index contributed by atoms with van der Waals surface area (Å²) in [6.07, 6.45) is -9.04. The number of rotatable bonds is 7. The number of halogens is 6. The van der Waals surface area contributed by atoms with Crippen LogP contribution >= 0.6 is 24.0 Å². The van der Waals surface area contributed by atoms with Crippen LogP contribution in [-0.4, -0.2) is 42.2 Å². The molecule has 5 nitrogen and oxygen atoms in total. The minimum atomic E-state index is -5.34. The number of anilines is 1. The molecule has 1 fully saturated rings. The fourth-order valence-electron chi connectivity index (χ4n) is 4.18. The number of ether oxygens (including phenoxy) is 1. The van der Waals surface area contributed by atoms with E-state index >= 15 is 0 Å². The number of benzene rings is 3. The summed E-state index contributed by atoms with van der Waals surface area (Å²) in [5.41, 5.74) is -3.01. The van der Waals surface area contributed by atoms with Crippen molar-refractivity contribution in [1.82, 2.24) is 10.2 Å². The summed E-state index contributed by atoms with van der Waals surface area (Å²) in [5.74, 6) is -0.612. The van der Waals surface area contributed by atoms with Crippen LogP contribution in [0.15, 0.2) is 82.6 Å². The first-order valence-corrected chi connectivity index (χ1v) is 13.9. The second kappa shape index (κ2) is 13.6. The summed E-state index contributed by atoms with van der Waals surface area (Å²) in [4.78, 5) is 13.4. The summed E-state index contributed by atoms with van der Waals surface area (Å²) in [7, 11) is 0. The van der Waals surface area contributed by atoms with Gasteiger partial charge >= 0.3 is 12.4 Å². The van der Waals surface area contributed by atoms with E-state index in [4.69, 9.17) is 17.0 Å². The quantitative estimate of drug-likeness (QED) is 0.164. The van der Waals surface area contributed by atoms with E-state index in [1.807, 2.05) is 30.3 Å². The van der Waals surface area contributed by atoms with Crippen LogP contribution in [0.1, 0.15) is 22.3 Å². The lowest BCUT2D eigenvalue weighted by Crippen LogP contribution is -2.39. The molecule has 3 aromatic rings. The number of carbonyl (C=O) groups is 1. The molecule has 0 spiro atoms. The molecular weight excluding hydrogens is 600 g/mol. The molecule has 0 unspecified atom stereocenters. The summed E-state index contributed by atoms with van der Waals surface area (Å²) in [6.45, 7) is 1.45. The van der Waals surface area contributed by atoms with E-state index in [2.05, 4.69) is 10.6 Å². The number of carbonyl (C=O) groups excluding carboxylic acids is 1. The van der Waals surface area contributed by atoms with Gasteiger partial charge in [-0.3, -0.25) is 4.79 Å². The fraction of sp³-hybridized carbons (Fsp3) is 0.241. The van der Waals surface area contributed by atoms with Crippen LogP contribution in [0, 0.1) is 0 Å². The Morgan fingerprint density at radius 2 is 1.62 bits per heavy atom. The fourth-order valence-corrected chi connectivity index (χ4v) is 5.41. The second-order valence-electron chi connectivity index (χ2n) is 9.09. The zero-order chi connectivity index (χ0) is 30.3. The molecule has 0 saturated carbocycles. The van der Waals surface area contributed by atoms with Crippen LogP contribution in [0.2, 0.25) is 0 Å². The van der Waals surface area contributed by atoms with Gasteiger partial charge in [0.15, 0.2) is 5.11 Å². The van der Waals surface area contributed by atoms with Gasteiger partial charge < -0.3 is 20.3 Å². The molecule has 42 heavy (non-hydrogen) atoms. The van der Waals surface area contributed by atoms with Crippen LogP contribution in [0.4, 0.5) is 32.0 Å². The summed E-state index contributed by atoms with van der Waals surface area (Å²) in [6, 6.07) is 17.5. The molecule has 1 amide bonds. The highest BCUT2D eigenvalue weighted by atomic mass is 32.2. The second-order valence-corrected chi connectivity index (χ2v) is 10.6. The average Bonchev–Trinajstić information content (AvgIpc) is 2.95. The molecule has 4 rings (SSSR count). The van der Waals surface area contributed by atoms with E-state index < -0.39 is 39.8 Å². The van der Waals surface area contributed by atoms with Gasteiger partial charge in [-0.25, -0.2) is 0 Å². The maximum Gasteiger partial charge on any atom is 0.418 e. The third-order valence-corrected chi connectivity index (χ3v) is 7.41. The summed E-state index contributed by atoms with van der Waals surface area (Å²) in [5, 5.41) is 6.21. The lowest BCUT2D eigenvalue weighted by molar-refractivity contribution is -0.163. The predicted octanol–water partition coefficient (Wildman–Crippen LogP) is 7.23. The number of amides is 1. The van der Waals surface area contributed by atoms with Crippen LogP contribution < -0.4 is 10.6 Å². The van der Waals surface area contributed by atoms with E-state index in [1.54, 1.807) is 12.1 Å². The Morgan fingerprint density at radius 3 is 2.29 bits per heavy atom. The SMILES string of the molecule is O=C(/C=C/c1ccc(Sc2cccc(NC(=S)NCc3ccccc3)c2)c(C(F)(F)F)c1C(F)(F)F)N1CCOCC1. The maximum atomic E-state index is 14.2. The maximum absolute atomic E-state index is 14.2. The van der Waals surface area contributed by atoms with Gasteiger partial charge in [-0.1, -0.05) is 54.2 Å². The summed E-state index contributed by atoms with van der Waals surface area (Å²) >= 11 is 5.83. The highest BCUT2D eigenvalue weighted by Crippen LogP contribution is 2.48. The van der Waals surface area contributed by atoms with Crippen molar-refractivity contribution < 1.29 is 35.9 Å². The van der Waals surface area contributed by atoms with Gasteiger partial charge in [0.2, 0.25) is 5.91 Å². The van der Waals surface area contributed by atoms with E-state index in [1.165, 1.54) is 17.0 Å². The molecule has 0 atom stereocenters. The van der Waals surface area contributed by atoms with Crippen molar-refractivity contribution >= 4 is 46.8 Å². The Balaban J connectivity index is 1.58. The van der Waals surface area contributed by atoms with Crippen molar-refractivity contribution in [2.75, 3.05) is 31.6 Å². The molecule has 0 radical (unpaired) electrons. The van der Waals surface area contributed by atoms with Crippen LogP contribution in [-0.2, 0) is 28.4 Å². The molecule has 0 aromatic heterocycles. The minimum absolute atomic E-state index is 0.237. The van der Waals surface area contributed by atoms with E-state index in [-0.39, 0.29) is 36.3 Å². The smallest absolute Gasteiger partial charge is 0.378 e. The number of nitrogens with zero attached hydrogens (tertiary/aromatic N) is 1. The Bertz CT molecular complexity index is 1440. The molecule has 3 aromatic carbocycles. The van der Waals surface area contributed by atoms with Crippen molar-refractivity contribution in [3.8, 4) is 0 Å². The van der Waals surface area contributed by atoms with E-state index in [0.29, 0.717) is 24.0 Å². The first-order chi connectivity index (χ1) is 19.9. The van der Waals surface area contributed by atoms with Gasteiger partial charge in [-0.2, -0.15) is 26.3 Å². The number of morpholine rings is 1. The van der Waals surface area contributed by atoms with Gasteiger partial charge in [0.05, 0.1) is 24.3 Å². The van der Waals surface area contributed by atoms with Crippen molar-refractivity contribution in [1.29, 1.82) is 0 Å². The van der Waals surface area contributed by atoms with Gasteiger partial charge in [0.1, 0.15) is 0 Å². The third-order valence-electron chi connectivity index (χ3n) is 6.11. The van der Waals surface area contributed by atoms with Crippen LogP contribution in [0.25, 0.3) is 6.08 Å². The van der Waals surface area contributed by atoms with Gasteiger partial charge in [0, 0.05) is 41.2 Å². The number of nitrogens with one attached hydrogen (secondary N) is 2. The highest BCUT2D eigenvalue weighted by Gasteiger charge is 2.46. The monoisotopic (exact) mass is 625 g/mol. The first kappa shape index (κ1) is 31.4. The minimum Gasteiger partial charge on any atom is -0.378 e. The van der Waals surface area contributed by atoms with Crippen molar-refractivity contribution in [2.24, 2.45) is 0 Å². The van der Waals surface area contributed by atoms with Crippen molar-refractivity contribution in [3.05, 3.63) is 95.1 Å². The van der Waals surface area contributed by atoms with Gasteiger partial charge in [-0.05, 0) is 53.7 Å². The van der Waals surface area contributed by atoms with E-state index in [9.17, 15) is 31.1 Å². The highest BCUT2D eigenvalue weighted by molar-refractivity contribution is 7.99. The number of hydrogen-bond donors (Lipinski definition) is 2. The van der Waals surface area contributed by atoms with Crippen LogP contribution in [0.3, 0.4) is 0 Å². The van der Waals surface area contributed by atoms with E-state index in [0.717, 1.165) is 29.8 Å². The Hall–Kier alpha value is -3.55. The van der Waals surface area contributed by atoms with Crippen molar-refractivity contribution in [2.45, 2.75) is 28.7 Å². The molecular formula is C29H25F6N3O2S2. The average molecular weight is 626 g/mol. The zero-order valence-corrected chi connectivity index (χ0v) is 23.5. The zero-order valence-electron chi connectivity index (χ0n) is 21.9. The summed E-state index contributed by atoms with van der Waals surface area (Å²) < 4.78 is 90.3. The largest absolute Gasteiger partial charge is 0.418 e. The number of alkyl halides is 6. The molecule has 0 aliphatic carbocycles. The third kappa shape index (κ3) is 8.49. The lowest BCUT2D eigenvalue weighted by Gasteiger charge is -2.25. The van der Waals surface area contributed by atoms with Crippen molar-refractivity contribution in [3.63, 3.8) is 0 Å². The number of thiocarbonyl (C=S) groups is 1.